The second kappa shape index (κ2) is 4.73. The van der Waals surface area contributed by atoms with Gasteiger partial charge in [-0.15, -0.1) is 0 Å². The Bertz CT molecular complexity index is 431. The maximum absolute atomic E-state index is 12.3. The van der Waals surface area contributed by atoms with Gasteiger partial charge in [-0.1, -0.05) is 24.6 Å². The van der Waals surface area contributed by atoms with Crippen molar-refractivity contribution in [1.29, 1.82) is 0 Å². The molecule has 3 nitrogen and oxygen atoms in total. The van der Waals surface area contributed by atoms with Crippen LogP contribution in [0.4, 0.5) is 0 Å². The second-order valence-electron chi connectivity index (χ2n) is 5.50. The molecule has 2 aliphatic rings. The zero-order valence-electron chi connectivity index (χ0n) is 10.5. The van der Waals surface area contributed by atoms with Crippen molar-refractivity contribution in [3.8, 4) is 0 Å². The van der Waals surface area contributed by atoms with Gasteiger partial charge in [0.1, 0.15) is 0 Å². The predicted octanol–water partition coefficient (Wildman–Crippen LogP) is 1.92. The van der Waals surface area contributed by atoms with Crippen LogP contribution in [0, 0.1) is 11.8 Å². The number of carbonyl (C=O) groups excluding carboxylic acids is 1. The van der Waals surface area contributed by atoms with Gasteiger partial charge in [0.2, 0.25) is 0 Å². The van der Waals surface area contributed by atoms with E-state index in [0.717, 1.165) is 37.9 Å². The summed E-state index contributed by atoms with van der Waals surface area (Å²) in [5, 5.41) is 10.0. The van der Waals surface area contributed by atoms with E-state index in [1.54, 1.807) is 0 Å². The quantitative estimate of drug-likeness (QED) is 0.821. The van der Waals surface area contributed by atoms with E-state index >= 15 is 0 Å². The van der Waals surface area contributed by atoms with E-state index in [2.05, 4.69) is 0 Å². The molecule has 0 aromatic heterocycles. The van der Waals surface area contributed by atoms with Crippen molar-refractivity contribution in [2.24, 2.45) is 11.8 Å². The van der Waals surface area contributed by atoms with Gasteiger partial charge >= 0.3 is 0 Å². The maximum Gasteiger partial charge on any atom is 0.253 e. The number of aliphatic hydroxyl groups excluding tert-OH is 1. The molecule has 1 saturated heterocycles. The number of fused-ring (bicyclic) bond motifs is 1. The van der Waals surface area contributed by atoms with Crippen LogP contribution >= 0.6 is 0 Å². The van der Waals surface area contributed by atoms with Crippen LogP contribution in [-0.4, -0.2) is 35.1 Å². The summed E-state index contributed by atoms with van der Waals surface area (Å²) in [5.74, 6) is 0.907. The largest absolute Gasteiger partial charge is 0.393 e. The maximum atomic E-state index is 12.3. The van der Waals surface area contributed by atoms with Crippen molar-refractivity contribution < 1.29 is 9.90 Å². The molecule has 3 rings (SSSR count). The number of rotatable bonds is 1. The minimum atomic E-state index is -0.211. The fraction of sp³-hybridized carbons (Fsp3) is 0.533. The molecule has 1 N–H and O–H groups in total. The van der Waals surface area contributed by atoms with Crippen LogP contribution in [0.1, 0.15) is 29.6 Å². The molecule has 1 aromatic rings. The fourth-order valence-electron chi connectivity index (χ4n) is 3.37. The fourth-order valence-corrected chi connectivity index (χ4v) is 3.37. The third-order valence-corrected chi connectivity index (χ3v) is 4.37. The number of benzene rings is 1. The molecule has 1 aliphatic carbocycles. The molecule has 1 amide bonds. The van der Waals surface area contributed by atoms with Gasteiger partial charge in [-0.05, 0) is 30.9 Å². The highest BCUT2D eigenvalue weighted by Crippen LogP contribution is 2.36. The van der Waals surface area contributed by atoms with Crippen LogP contribution in [0.2, 0.25) is 0 Å². The van der Waals surface area contributed by atoms with Crippen LogP contribution < -0.4 is 0 Å². The highest BCUT2D eigenvalue weighted by atomic mass is 16.3. The van der Waals surface area contributed by atoms with Crippen LogP contribution in [0.15, 0.2) is 30.3 Å². The smallest absolute Gasteiger partial charge is 0.253 e. The number of hydrogen-bond donors (Lipinski definition) is 1. The van der Waals surface area contributed by atoms with Crippen molar-refractivity contribution in [2.75, 3.05) is 13.1 Å². The SMILES string of the molecule is O=C(c1ccccc1)N1C[C@@H]2CCC[C@H](O)[C@@H]2C1. The number of nitrogens with zero attached hydrogens (tertiary/aromatic N) is 1. The normalized spacial score (nSPS) is 31.2. The molecule has 1 saturated carbocycles. The summed E-state index contributed by atoms with van der Waals surface area (Å²) < 4.78 is 0. The van der Waals surface area contributed by atoms with E-state index < -0.39 is 0 Å². The van der Waals surface area contributed by atoms with Crippen LogP contribution in [0.25, 0.3) is 0 Å². The van der Waals surface area contributed by atoms with E-state index in [4.69, 9.17) is 0 Å². The zero-order valence-corrected chi connectivity index (χ0v) is 10.5. The summed E-state index contributed by atoms with van der Waals surface area (Å²) in [7, 11) is 0. The van der Waals surface area contributed by atoms with E-state index in [0.29, 0.717) is 11.8 Å². The summed E-state index contributed by atoms with van der Waals surface area (Å²) in [6.45, 7) is 1.54. The van der Waals surface area contributed by atoms with Crippen molar-refractivity contribution >= 4 is 5.91 Å². The van der Waals surface area contributed by atoms with Gasteiger partial charge in [-0.2, -0.15) is 0 Å². The van der Waals surface area contributed by atoms with Gasteiger partial charge in [0.25, 0.3) is 5.91 Å². The third-order valence-electron chi connectivity index (χ3n) is 4.37. The van der Waals surface area contributed by atoms with Gasteiger partial charge in [0.15, 0.2) is 0 Å². The highest BCUT2D eigenvalue weighted by Gasteiger charge is 2.41. The average Bonchev–Trinajstić information content (AvgIpc) is 2.84. The molecular formula is C15H19NO2. The first-order valence-corrected chi connectivity index (χ1v) is 6.78. The Kier molecular flexibility index (Phi) is 3.08. The highest BCUT2D eigenvalue weighted by molar-refractivity contribution is 5.94. The lowest BCUT2D eigenvalue weighted by Gasteiger charge is -2.28. The predicted molar refractivity (Wildman–Crippen MR) is 69.2 cm³/mol. The number of hydrogen-bond acceptors (Lipinski definition) is 2. The summed E-state index contributed by atoms with van der Waals surface area (Å²) >= 11 is 0. The Morgan fingerprint density at radius 2 is 1.94 bits per heavy atom. The summed E-state index contributed by atoms with van der Waals surface area (Å²) in [4.78, 5) is 14.3. The van der Waals surface area contributed by atoms with Gasteiger partial charge in [-0.25, -0.2) is 0 Å². The standard InChI is InChI=1S/C15H19NO2/c17-14-8-4-7-12-9-16(10-13(12)14)15(18)11-5-2-1-3-6-11/h1-3,5-6,12-14,17H,4,7-10H2/t12-,13+,14-/m0/s1. The molecule has 96 valence electrons. The average molecular weight is 245 g/mol. The lowest BCUT2D eigenvalue weighted by molar-refractivity contribution is 0.0539. The molecule has 1 aliphatic heterocycles. The number of aliphatic hydroxyl groups is 1. The van der Waals surface area contributed by atoms with Crippen molar-refractivity contribution in [1.82, 2.24) is 4.90 Å². The van der Waals surface area contributed by atoms with E-state index in [1.807, 2.05) is 35.2 Å². The first-order valence-electron chi connectivity index (χ1n) is 6.78. The van der Waals surface area contributed by atoms with Crippen molar-refractivity contribution in [2.45, 2.75) is 25.4 Å². The summed E-state index contributed by atoms with van der Waals surface area (Å²) in [6.07, 6.45) is 2.93. The van der Waals surface area contributed by atoms with Gasteiger partial charge in [0, 0.05) is 24.6 Å². The zero-order chi connectivity index (χ0) is 12.5. The first kappa shape index (κ1) is 11.7. The molecule has 0 radical (unpaired) electrons. The molecule has 1 heterocycles. The van der Waals surface area contributed by atoms with Crippen LogP contribution in [0.3, 0.4) is 0 Å². The summed E-state index contributed by atoms with van der Waals surface area (Å²) in [5.41, 5.74) is 0.755. The van der Waals surface area contributed by atoms with Gasteiger partial charge in [0.05, 0.1) is 6.10 Å². The molecule has 0 unspecified atom stereocenters. The minimum absolute atomic E-state index is 0.109. The van der Waals surface area contributed by atoms with Crippen molar-refractivity contribution in [3.63, 3.8) is 0 Å². The van der Waals surface area contributed by atoms with E-state index in [9.17, 15) is 9.90 Å². The summed E-state index contributed by atoms with van der Waals surface area (Å²) in [6, 6.07) is 9.43. The lowest BCUT2D eigenvalue weighted by atomic mass is 9.80. The number of likely N-dealkylation sites (tertiary alicyclic amines) is 1. The Morgan fingerprint density at radius 3 is 2.67 bits per heavy atom. The van der Waals surface area contributed by atoms with Crippen LogP contribution in [-0.2, 0) is 0 Å². The minimum Gasteiger partial charge on any atom is -0.393 e. The Labute approximate surface area is 107 Å². The topological polar surface area (TPSA) is 40.5 Å². The molecule has 0 bridgehead atoms. The molecule has 3 atom stereocenters. The lowest BCUT2D eigenvalue weighted by Crippen LogP contribution is -2.32. The van der Waals surface area contributed by atoms with Crippen molar-refractivity contribution in [3.05, 3.63) is 35.9 Å². The molecule has 0 spiro atoms. The van der Waals surface area contributed by atoms with Crippen LogP contribution in [0.5, 0.6) is 0 Å². The van der Waals surface area contributed by atoms with E-state index in [1.165, 1.54) is 0 Å². The van der Waals surface area contributed by atoms with E-state index in [-0.39, 0.29) is 12.0 Å². The molecule has 3 heteroatoms. The van der Waals surface area contributed by atoms with Gasteiger partial charge in [-0.3, -0.25) is 4.79 Å². The molecule has 18 heavy (non-hydrogen) atoms. The Morgan fingerprint density at radius 1 is 1.17 bits per heavy atom. The Hall–Kier alpha value is -1.35. The third kappa shape index (κ3) is 2.03. The molecular weight excluding hydrogens is 226 g/mol. The molecule has 2 fully saturated rings. The monoisotopic (exact) mass is 245 g/mol. The first-order chi connectivity index (χ1) is 8.75. The second-order valence-corrected chi connectivity index (χ2v) is 5.50. The molecule has 1 aromatic carbocycles. The van der Waals surface area contributed by atoms with Gasteiger partial charge < -0.3 is 10.0 Å². The number of amides is 1. The number of carbonyl (C=O) groups is 1. The Balaban J connectivity index is 1.74.